The summed E-state index contributed by atoms with van der Waals surface area (Å²) in [7, 11) is -3.11. The van der Waals surface area contributed by atoms with Crippen molar-refractivity contribution in [3.63, 3.8) is 0 Å². The molecule has 1 unspecified atom stereocenters. The van der Waals surface area contributed by atoms with Crippen LogP contribution in [0.2, 0.25) is 0 Å². The highest BCUT2D eigenvalue weighted by Gasteiger charge is 2.32. The number of nitrogens with zero attached hydrogens (tertiary/aromatic N) is 1. The first kappa shape index (κ1) is 26.7. The number of ether oxygens (including phenoxy) is 1. The molecule has 0 fully saturated rings. The van der Waals surface area contributed by atoms with Gasteiger partial charge in [-0.15, -0.1) is 11.8 Å². The minimum absolute atomic E-state index is 0.163. The molecule has 2 aromatic rings. The molecule has 0 saturated heterocycles. The molecule has 0 radical (unpaired) electrons. The van der Waals surface area contributed by atoms with Gasteiger partial charge in [0.25, 0.3) is 0 Å². The number of esters is 1. The molecule has 188 valence electrons. The summed E-state index contributed by atoms with van der Waals surface area (Å²) in [6.07, 6.45) is 1.48. The lowest BCUT2D eigenvalue weighted by atomic mass is 9.97. The molecule has 0 saturated carbocycles. The Kier molecular flexibility index (Phi) is 9.30. The molecule has 1 aliphatic heterocycles. The van der Waals surface area contributed by atoms with E-state index in [4.69, 9.17) is 14.3 Å². The highest BCUT2D eigenvalue weighted by Crippen LogP contribution is 2.25. The van der Waals surface area contributed by atoms with Crippen molar-refractivity contribution in [3.8, 4) is 0 Å². The fourth-order valence-corrected chi connectivity index (χ4v) is 5.35. The van der Waals surface area contributed by atoms with Gasteiger partial charge in [0.05, 0.1) is 29.9 Å². The molecular weight excluding hydrogens is 490 g/mol. The second-order valence-electron chi connectivity index (χ2n) is 8.15. The molecule has 0 aromatic heterocycles. The van der Waals surface area contributed by atoms with E-state index in [1.54, 1.807) is 23.9 Å². The van der Waals surface area contributed by atoms with Crippen LogP contribution in [-0.2, 0) is 37.5 Å². The van der Waals surface area contributed by atoms with E-state index in [0.717, 1.165) is 28.3 Å². The fourth-order valence-electron chi connectivity index (χ4n) is 3.68. The van der Waals surface area contributed by atoms with E-state index < -0.39 is 34.1 Å². The largest absolute Gasteiger partial charge is 0.468 e. The number of amides is 1. The third-order valence-electron chi connectivity index (χ3n) is 5.54. The lowest BCUT2D eigenvalue weighted by Gasteiger charge is -2.22. The maximum absolute atomic E-state index is 13.3. The van der Waals surface area contributed by atoms with Gasteiger partial charge < -0.3 is 10.1 Å². The Morgan fingerprint density at radius 1 is 1.11 bits per heavy atom. The molecule has 3 N–H and O–H groups in total. The maximum Gasteiger partial charge on any atom is 0.357 e. The Morgan fingerprint density at radius 3 is 2.34 bits per heavy atom. The molecule has 9 nitrogen and oxygen atoms in total. The number of carbonyl (C=O) groups is 2. The van der Waals surface area contributed by atoms with Gasteiger partial charge in [0.1, 0.15) is 5.92 Å². The van der Waals surface area contributed by atoms with Crippen LogP contribution in [0.4, 0.5) is 5.69 Å². The second kappa shape index (κ2) is 12.2. The highest BCUT2D eigenvalue weighted by molar-refractivity contribution is 8.14. The van der Waals surface area contributed by atoms with Crippen molar-refractivity contribution < 1.29 is 27.3 Å². The second-order valence-corrected chi connectivity index (χ2v) is 10.3. The Balaban J connectivity index is 1.81. The third-order valence-corrected chi connectivity index (χ3v) is 7.28. The van der Waals surface area contributed by atoms with Gasteiger partial charge in [-0.05, 0) is 42.5 Å². The summed E-state index contributed by atoms with van der Waals surface area (Å²) >= 11 is 1.58. The van der Waals surface area contributed by atoms with Crippen LogP contribution in [0, 0.1) is 5.92 Å². The summed E-state index contributed by atoms with van der Waals surface area (Å²) in [4.78, 5) is 30.5. The van der Waals surface area contributed by atoms with Crippen LogP contribution in [0.25, 0.3) is 0 Å². The van der Waals surface area contributed by atoms with E-state index in [-0.39, 0.29) is 18.2 Å². The lowest BCUT2D eigenvalue weighted by molar-refractivity contribution is -0.150. The average Bonchev–Trinajstić information content (AvgIpc) is 3.32. The first-order valence-electron chi connectivity index (χ1n) is 11.1. The van der Waals surface area contributed by atoms with Crippen molar-refractivity contribution >= 4 is 44.7 Å². The van der Waals surface area contributed by atoms with E-state index >= 15 is 0 Å². The molecule has 0 spiro atoms. The third kappa shape index (κ3) is 8.08. The van der Waals surface area contributed by atoms with Crippen LogP contribution in [0.5, 0.6) is 0 Å². The van der Waals surface area contributed by atoms with Crippen molar-refractivity contribution in [3.05, 3.63) is 65.7 Å². The molecule has 3 rings (SSSR count). The van der Waals surface area contributed by atoms with Crippen LogP contribution in [-0.4, -0.2) is 54.8 Å². The molecule has 0 aliphatic carbocycles. The number of carbonyl (C=O) groups excluding carboxylic acids is 2. The van der Waals surface area contributed by atoms with Crippen LogP contribution in [0.3, 0.4) is 0 Å². The molecule has 1 heterocycles. The minimum Gasteiger partial charge on any atom is -0.468 e. The number of hydrogen-bond acceptors (Lipinski definition) is 7. The fraction of sp³-hybridized carbons (Fsp3) is 0.375. The normalized spacial score (nSPS) is 17.2. The summed E-state index contributed by atoms with van der Waals surface area (Å²) in [5, 5.41) is 3.78. The summed E-state index contributed by atoms with van der Waals surface area (Å²) in [5.74, 6) is -1.25. The van der Waals surface area contributed by atoms with E-state index in [0.29, 0.717) is 6.42 Å². The standard InChI is InChI=1S/C24H29N3O6S2/c1-3-18-15-34-23(25-18)21(14-17-9-11-19(12-10-17)27-35(30,31)32)26-22(28)20(24(29)33-2)13-16-7-5-4-6-8-16/h4-12,18,20-21,27H,3,13-15H2,1-2H3,(H,26,28)(H,30,31,32)/t18?,20-,21-/m0/s1. The van der Waals surface area contributed by atoms with Gasteiger partial charge in [-0.2, -0.15) is 8.42 Å². The zero-order chi connectivity index (χ0) is 25.4. The van der Waals surface area contributed by atoms with Crippen LogP contribution < -0.4 is 10.0 Å². The summed E-state index contributed by atoms with van der Waals surface area (Å²) < 4.78 is 37.9. The van der Waals surface area contributed by atoms with Gasteiger partial charge >= 0.3 is 16.3 Å². The van der Waals surface area contributed by atoms with Gasteiger partial charge in [0.15, 0.2) is 0 Å². The molecule has 0 bridgehead atoms. The van der Waals surface area contributed by atoms with Crippen molar-refractivity contribution in [1.82, 2.24) is 5.32 Å². The van der Waals surface area contributed by atoms with Crippen molar-refractivity contribution in [2.45, 2.75) is 38.3 Å². The first-order chi connectivity index (χ1) is 16.7. The highest BCUT2D eigenvalue weighted by atomic mass is 32.2. The molecule has 1 aliphatic rings. The van der Waals surface area contributed by atoms with E-state index in [1.165, 1.54) is 19.2 Å². The van der Waals surface area contributed by atoms with Crippen LogP contribution in [0.1, 0.15) is 24.5 Å². The molecular formula is C24H29N3O6S2. The molecule has 1 amide bonds. The number of anilines is 1. The Morgan fingerprint density at radius 2 is 1.77 bits per heavy atom. The Bertz CT molecular complexity index is 1150. The number of hydrogen-bond donors (Lipinski definition) is 3. The summed E-state index contributed by atoms with van der Waals surface area (Å²) in [5.41, 5.74) is 1.87. The van der Waals surface area contributed by atoms with Gasteiger partial charge in [0, 0.05) is 5.75 Å². The van der Waals surface area contributed by atoms with Gasteiger partial charge in [0.2, 0.25) is 5.91 Å². The van der Waals surface area contributed by atoms with E-state index in [1.807, 2.05) is 35.1 Å². The van der Waals surface area contributed by atoms with Crippen molar-refractivity contribution in [2.24, 2.45) is 10.9 Å². The zero-order valence-electron chi connectivity index (χ0n) is 19.5. The van der Waals surface area contributed by atoms with E-state index in [2.05, 4.69) is 12.2 Å². The van der Waals surface area contributed by atoms with Gasteiger partial charge in [-0.1, -0.05) is 49.4 Å². The molecule has 35 heavy (non-hydrogen) atoms. The van der Waals surface area contributed by atoms with Crippen LogP contribution in [0.15, 0.2) is 59.6 Å². The average molecular weight is 520 g/mol. The van der Waals surface area contributed by atoms with Crippen molar-refractivity contribution in [2.75, 3.05) is 17.6 Å². The topological polar surface area (TPSA) is 134 Å². The number of aliphatic imine (C=N–C) groups is 1. The molecule has 11 heteroatoms. The molecule has 2 aromatic carbocycles. The lowest BCUT2D eigenvalue weighted by Crippen LogP contribution is -2.46. The minimum atomic E-state index is -4.37. The smallest absolute Gasteiger partial charge is 0.357 e. The van der Waals surface area contributed by atoms with E-state index in [9.17, 15) is 18.0 Å². The van der Waals surface area contributed by atoms with Gasteiger partial charge in [-0.3, -0.25) is 23.9 Å². The predicted molar refractivity (Wildman–Crippen MR) is 137 cm³/mol. The first-order valence-corrected chi connectivity index (χ1v) is 13.6. The number of methoxy groups -OCH3 is 1. The monoisotopic (exact) mass is 519 g/mol. The summed E-state index contributed by atoms with van der Waals surface area (Å²) in [6.45, 7) is 2.05. The SMILES string of the molecule is CCC1CSC([C@H](Cc2ccc(NS(=O)(=O)O)cc2)NC(=O)[C@H](Cc2ccccc2)C(=O)OC)=N1. The number of nitrogens with one attached hydrogen (secondary N) is 2. The zero-order valence-corrected chi connectivity index (χ0v) is 21.1. The predicted octanol–water partition coefficient (Wildman–Crippen LogP) is 2.88. The summed E-state index contributed by atoms with van der Waals surface area (Å²) in [6, 6.07) is 15.4. The Labute approximate surface area is 209 Å². The van der Waals surface area contributed by atoms with Gasteiger partial charge in [-0.25, -0.2) is 0 Å². The Hall–Kier alpha value is -2.89. The maximum atomic E-state index is 13.3. The number of benzene rings is 2. The number of thioether (sulfide) groups is 1. The number of rotatable bonds is 11. The molecule has 3 atom stereocenters. The van der Waals surface area contributed by atoms with Crippen molar-refractivity contribution in [1.29, 1.82) is 0 Å². The quantitative estimate of drug-likeness (QED) is 0.236. The van der Waals surface area contributed by atoms with Crippen LogP contribution >= 0.6 is 11.8 Å².